The molecular weight excluding hydrogens is 280 g/mol. The van der Waals surface area contributed by atoms with Gasteiger partial charge in [0.05, 0.1) is 11.7 Å². The molecule has 0 fully saturated rings. The number of anilines is 1. The van der Waals surface area contributed by atoms with Gasteiger partial charge in [0, 0.05) is 32.1 Å². The van der Waals surface area contributed by atoms with E-state index in [1.165, 1.54) is 0 Å². The fourth-order valence-electron chi connectivity index (χ4n) is 1.88. The van der Waals surface area contributed by atoms with Gasteiger partial charge < -0.3 is 15.4 Å². The van der Waals surface area contributed by atoms with Crippen LogP contribution in [-0.4, -0.2) is 29.0 Å². The van der Waals surface area contributed by atoms with Crippen LogP contribution >= 0.6 is 0 Å². The quantitative estimate of drug-likeness (QED) is 0.855. The number of ether oxygens (including phenoxy) is 1. The summed E-state index contributed by atoms with van der Waals surface area (Å²) in [5, 5.41) is 5.75. The van der Waals surface area contributed by atoms with Crippen molar-refractivity contribution in [3.63, 3.8) is 0 Å². The van der Waals surface area contributed by atoms with Gasteiger partial charge in [0.25, 0.3) is 5.91 Å². The molecule has 0 aliphatic rings. The Morgan fingerprint density at radius 1 is 1.27 bits per heavy atom. The molecule has 6 heteroatoms. The summed E-state index contributed by atoms with van der Waals surface area (Å²) >= 11 is 0. The predicted octanol–water partition coefficient (Wildman–Crippen LogP) is 2.24. The molecule has 0 aliphatic carbocycles. The lowest BCUT2D eigenvalue weighted by atomic mass is 10.2. The highest BCUT2D eigenvalue weighted by molar-refractivity contribution is 5.98. The van der Waals surface area contributed by atoms with Crippen LogP contribution in [0.5, 0.6) is 5.88 Å². The first kappa shape index (κ1) is 15.8. The zero-order valence-corrected chi connectivity index (χ0v) is 13.0. The number of hydrogen-bond acceptors (Lipinski definition) is 5. The summed E-state index contributed by atoms with van der Waals surface area (Å²) in [6, 6.07) is 7.22. The zero-order chi connectivity index (χ0) is 15.9. The van der Waals surface area contributed by atoms with E-state index in [4.69, 9.17) is 4.74 Å². The van der Waals surface area contributed by atoms with Crippen LogP contribution in [0.3, 0.4) is 0 Å². The molecule has 0 atom stereocenters. The summed E-state index contributed by atoms with van der Waals surface area (Å²) < 4.78 is 5.50. The van der Waals surface area contributed by atoms with Crippen molar-refractivity contribution in [1.29, 1.82) is 0 Å². The number of amides is 1. The Hall–Kier alpha value is -2.63. The van der Waals surface area contributed by atoms with E-state index in [2.05, 4.69) is 20.6 Å². The van der Waals surface area contributed by atoms with Gasteiger partial charge in [0.15, 0.2) is 0 Å². The largest absolute Gasteiger partial charge is 0.475 e. The lowest BCUT2D eigenvalue weighted by Gasteiger charge is -2.11. The van der Waals surface area contributed by atoms with Crippen molar-refractivity contribution in [2.45, 2.75) is 26.5 Å². The number of nitrogens with zero attached hydrogens (tertiary/aromatic N) is 2. The average molecular weight is 300 g/mol. The van der Waals surface area contributed by atoms with E-state index in [0.717, 1.165) is 5.56 Å². The lowest BCUT2D eigenvalue weighted by Crippen LogP contribution is -2.20. The number of carbonyl (C=O) groups excluding carboxylic acids is 1. The maximum absolute atomic E-state index is 11.8. The van der Waals surface area contributed by atoms with E-state index in [-0.39, 0.29) is 12.0 Å². The Morgan fingerprint density at radius 3 is 2.73 bits per heavy atom. The normalized spacial score (nSPS) is 10.4. The van der Waals surface area contributed by atoms with Crippen LogP contribution in [0.2, 0.25) is 0 Å². The summed E-state index contributed by atoms with van der Waals surface area (Å²) in [5.74, 6) is 0.974. The molecule has 6 nitrogen and oxygen atoms in total. The minimum atomic E-state index is -0.172. The molecule has 0 bridgehead atoms. The molecule has 1 amide bonds. The van der Waals surface area contributed by atoms with E-state index in [9.17, 15) is 4.79 Å². The van der Waals surface area contributed by atoms with E-state index in [1.54, 1.807) is 31.6 Å². The third kappa shape index (κ3) is 4.18. The highest BCUT2D eigenvalue weighted by atomic mass is 16.5. The Bertz CT molecular complexity index is 626. The van der Waals surface area contributed by atoms with Crippen molar-refractivity contribution in [2.75, 3.05) is 12.4 Å². The van der Waals surface area contributed by atoms with Crippen molar-refractivity contribution in [1.82, 2.24) is 15.3 Å². The van der Waals surface area contributed by atoms with Gasteiger partial charge in [-0.15, -0.1) is 0 Å². The number of pyridine rings is 2. The average Bonchev–Trinajstić information content (AvgIpc) is 2.53. The summed E-state index contributed by atoms with van der Waals surface area (Å²) in [6.45, 7) is 4.44. The maximum atomic E-state index is 11.8. The molecule has 2 N–H and O–H groups in total. The first-order valence-corrected chi connectivity index (χ1v) is 7.12. The first-order chi connectivity index (χ1) is 10.6. The molecule has 116 valence electrons. The van der Waals surface area contributed by atoms with Gasteiger partial charge in [0.1, 0.15) is 5.82 Å². The highest BCUT2D eigenvalue weighted by Crippen LogP contribution is 2.14. The number of rotatable bonds is 6. The smallest absolute Gasteiger partial charge is 0.254 e. The van der Waals surface area contributed by atoms with Crippen molar-refractivity contribution >= 4 is 11.7 Å². The van der Waals surface area contributed by atoms with Crippen molar-refractivity contribution in [3.8, 4) is 5.88 Å². The molecule has 2 aromatic heterocycles. The van der Waals surface area contributed by atoms with Gasteiger partial charge in [-0.2, -0.15) is 0 Å². The van der Waals surface area contributed by atoms with Gasteiger partial charge in [0.2, 0.25) is 5.88 Å². The highest BCUT2D eigenvalue weighted by Gasteiger charge is 2.10. The minimum Gasteiger partial charge on any atom is -0.475 e. The van der Waals surface area contributed by atoms with Gasteiger partial charge in [-0.1, -0.05) is 6.07 Å². The summed E-state index contributed by atoms with van der Waals surface area (Å²) in [4.78, 5) is 20.2. The molecule has 0 aliphatic heterocycles. The summed E-state index contributed by atoms with van der Waals surface area (Å²) in [5.41, 5.74) is 1.49. The molecule has 0 saturated carbocycles. The Morgan fingerprint density at radius 2 is 2.09 bits per heavy atom. The Balaban J connectivity index is 2.03. The van der Waals surface area contributed by atoms with Gasteiger partial charge in [-0.3, -0.25) is 4.79 Å². The molecule has 0 saturated heterocycles. The van der Waals surface area contributed by atoms with Crippen LogP contribution in [0.4, 0.5) is 5.82 Å². The second kappa shape index (κ2) is 7.40. The topological polar surface area (TPSA) is 76.1 Å². The van der Waals surface area contributed by atoms with Crippen LogP contribution in [0.1, 0.15) is 29.8 Å². The van der Waals surface area contributed by atoms with Crippen LogP contribution < -0.4 is 15.4 Å². The van der Waals surface area contributed by atoms with Crippen LogP contribution in [-0.2, 0) is 6.54 Å². The number of nitrogens with one attached hydrogen (secondary N) is 2. The molecule has 0 aromatic carbocycles. The van der Waals surface area contributed by atoms with E-state index < -0.39 is 0 Å². The van der Waals surface area contributed by atoms with E-state index in [0.29, 0.717) is 23.8 Å². The van der Waals surface area contributed by atoms with Crippen molar-refractivity contribution in [2.24, 2.45) is 0 Å². The van der Waals surface area contributed by atoms with Crippen LogP contribution in [0, 0.1) is 0 Å². The second-order valence-corrected chi connectivity index (χ2v) is 5.00. The number of carbonyl (C=O) groups is 1. The fraction of sp³-hybridized carbons (Fsp3) is 0.312. The zero-order valence-electron chi connectivity index (χ0n) is 13.0. The molecule has 2 rings (SSSR count). The molecule has 22 heavy (non-hydrogen) atoms. The number of hydrogen-bond donors (Lipinski definition) is 2. The standard InChI is InChI=1S/C16H20N4O2/c1-11(2)22-14-7-6-12(9-19-14)10-20-15-13(16(21)17-3)5-4-8-18-15/h4-9,11H,10H2,1-3H3,(H,17,21)(H,18,20). The van der Waals surface area contributed by atoms with Gasteiger partial charge >= 0.3 is 0 Å². The molecule has 0 unspecified atom stereocenters. The predicted molar refractivity (Wildman–Crippen MR) is 85.0 cm³/mol. The van der Waals surface area contributed by atoms with Gasteiger partial charge in [-0.05, 0) is 31.5 Å². The first-order valence-electron chi connectivity index (χ1n) is 7.12. The number of aromatic nitrogens is 2. The van der Waals surface area contributed by atoms with E-state index >= 15 is 0 Å². The summed E-state index contributed by atoms with van der Waals surface area (Å²) in [7, 11) is 1.59. The molecule has 2 heterocycles. The molecule has 2 aromatic rings. The van der Waals surface area contributed by atoms with Crippen molar-refractivity contribution in [3.05, 3.63) is 47.8 Å². The lowest BCUT2D eigenvalue weighted by molar-refractivity contribution is 0.0963. The molecule has 0 radical (unpaired) electrons. The van der Waals surface area contributed by atoms with Crippen LogP contribution in [0.15, 0.2) is 36.7 Å². The monoisotopic (exact) mass is 300 g/mol. The molecular formula is C16H20N4O2. The Labute approximate surface area is 129 Å². The van der Waals surface area contributed by atoms with E-state index in [1.807, 2.05) is 26.0 Å². The molecule has 0 spiro atoms. The maximum Gasteiger partial charge on any atom is 0.254 e. The second-order valence-electron chi connectivity index (χ2n) is 5.00. The fourth-order valence-corrected chi connectivity index (χ4v) is 1.88. The van der Waals surface area contributed by atoms with Crippen molar-refractivity contribution < 1.29 is 9.53 Å². The third-order valence-corrected chi connectivity index (χ3v) is 2.89. The van der Waals surface area contributed by atoms with Gasteiger partial charge in [-0.25, -0.2) is 9.97 Å². The van der Waals surface area contributed by atoms with Crippen LogP contribution in [0.25, 0.3) is 0 Å². The minimum absolute atomic E-state index is 0.0973. The summed E-state index contributed by atoms with van der Waals surface area (Å²) in [6.07, 6.45) is 3.49. The SMILES string of the molecule is CNC(=O)c1cccnc1NCc1ccc(OC(C)C)nc1. The third-order valence-electron chi connectivity index (χ3n) is 2.89. The Kier molecular flexibility index (Phi) is 5.30.